The largest absolute Gasteiger partial charge is 0.497 e. The molecule has 3 heterocycles. The van der Waals surface area contributed by atoms with Gasteiger partial charge in [0.2, 0.25) is 0 Å². The number of likely N-dealkylation sites (tertiary alicyclic amines) is 1. The normalized spacial score (nSPS) is 14.2. The van der Waals surface area contributed by atoms with Crippen LogP contribution in [-0.4, -0.2) is 46.9 Å². The Kier molecular flexibility index (Phi) is 5.99. The van der Waals surface area contributed by atoms with Gasteiger partial charge >= 0.3 is 0 Å². The van der Waals surface area contributed by atoms with Crippen LogP contribution in [0, 0.1) is 0 Å². The average molecular weight is 455 g/mol. The van der Waals surface area contributed by atoms with Gasteiger partial charge in [0.25, 0.3) is 11.8 Å². The third kappa shape index (κ3) is 4.37. The van der Waals surface area contributed by atoms with Crippen LogP contribution in [0.1, 0.15) is 45.0 Å². The van der Waals surface area contributed by atoms with E-state index in [0.717, 1.165) is 24.1 Å². The average Bonchev–Trinajstić information content (AvgIpc) is 3.32. The zero-order chi connectivity index (χ0) is 23.5. The Morgan fingerprint density at radius 1 is 1.06 bits per heavy atom. The topological polar surface area (TPSA) is 87.3 Å². The van der Waals surface area contributed by atoms with E-state index in [2.05, 4.69) is 27.5 Å². The predicted molar refractivity (Wildman–Crippen MR) is 131 cm³/mol. The van der Waals surface area contributed by atoms with Crippen molar-refractivity contribution in [3.05, 3.63) is 89.9 Å². The summed E-state index contributed by atoms with van der Waals surface area (Å²) in [6.45, 7) is 1.37. The molecule has 7 nitrogen and oxygen atoms in total. The fourth-order valence-corrected chi connectivity index (χ4v) is 4.59. The third-order valence-corrected chi connectivity index (χ3v) is 6.43. The van der Waals surface area contributed by atoms with Crippen LogP contribution in [-0.2, 0) is 0 Å². The number of ether oxygens (including phenoxy) is 1. The lowest BCUT2D eigenvalue weighted by Crippen LogP contribution is -2.37. The number of pyridine rings is 1. The Morgan fingerprint density at radius 2 is 1.88 bits per heavy atom. The van der Waals surface area contributed by atoms with Crippen molar-refractivity contribution in [2.45, 2.75) is 18.8 Å². The molecule has 1 fully saturated rings. The van der Waals surface area contributed by atoms with Crippen LogP contribution < -0.4 is 10.1 Å². The van der Waals surface area contributed by atoms with E-state index in [1.165, 1.54) is 17.1 Å². The van der Waals surface area contributed by atoms with Gasteiger partial charge < -0.3 is 19.9 Å². The van der Waals surface area contributed by atoms with Gasteiger partial charge in [0, 0.05) is 53.8 Å². The number of nitrogens with one attached hydrogen (secondary N) is 2. The molecule has 0 bridgehead atoms. The molecular formula is C27H26N4O3. The van der Waals surface area contributed by atoms with E-state index < -0.39 is 0 Å². The summed E-state index contributed by atoms with van der Waals surface area (Å²) in [7, 11) is 1.68. The molecular weight excluding hydrogens is 428 g/mol. The maximum atomic E-state index is 13.2. The van der Waals surface area contributed by atoms with E-state index in [4.69, 9.17) is 4.74 Å². The van der Waals surface area contributed by atoms with Gasteiger partial charge in [-0.05, 0) is 72.9 Å². The second-order valence-corrected chi connectivity index (χ2v) is 8.50. The van der Waals surface area contributed by atoms with Crippen molar-refractivity contribution >= 4 is 28.4 Å². The smallest absolute Gasteiger partial charge is 0.257 e. The molecule has 2 N–H and O–H groups in total. The first-order valence-electron chi connectivity index (χ1n) is 11.4. The number of nitrogens with zero attached hydrogens (tertiary/aromatic N) is 2. The maximum Gasteiger partial charge on any atom is 0.257 e. The molecule has 2 aromatic carbocycles. The molecule has 7 heteroatoms. The lowest BCUT2D eigenvalue weighted by molar-refractivity contribution is 0.0713. The van der Waals surface area contributed by atoms with Crippen LogP contribution in [0.2, 0.25) is 0 Å². The van der Waals surface area contributed by atoms with Gasteiger partial charge in [-0.1, -0.05) is 6.07 Å². The molecule has 0 aliphatic carbocycles. The van der Waals surface area contributed by atoms with Crippen molar-refractivity contribution in [1.82, 2.24) is 14.9 Å². The van der Waals surface area contributed by atoms with Crippen molar-refractivity contribution in [3.8, 4) is 5.75 Å². The van der Waals surface area contributed by atoms with E-state index in [-0.39, 0.29) is 11.8 Å². The molecule has 0 spiro atoms. The highest BCUT2D eigenvalue weighted by Crippen LogP contribution is 2.35. The second-order valence-electron chi connectivity index (χ2n) is 8.50. The Bertz CT molecular complexity index is 1320. The number of aromatic nitrogens is 2. The van der Waals surface area contributed by atoms with Crippen molar-refractivity contribution in [3.63, 3.8) is 0 Å². The van der Waals surface area contributed by atoms with Crippen LogP contribution in [0.3, 0.4) is 0 Å². The summed E-state index contributed by atoms with van der Waals surface area (Å²) in [5.41, 5.74) is 4.00. The number of rotatable bonds is 5. The van der Waals surface area contributed by atoms with Crippen LogP contribution in [0.15, 0.2) is 73.2 Å². The summed E-state index contributed by atoms with van der Waals surface area (Å²) >= 11 is 0. The summed E-state index contributed by atoms with van der Waals surface area (Å²) in [5.74, 6) is 0.955. The fourth-order valence-electron chi connectivity index (χ4n) is 4.59. The van der Waals surface area contributed by atoms with E-state index >= 15 is 0 Å². The van der Waals surface area contributed by atoms with Gasteiger partial charge in [-0.25, -0.2) is 0 Å². The summed E-state index contributed by atoms with van der Waals surface area (Å²) < 4.78 is 5.39. The number of amides is 2. The molecule has 2 aromatic heterocycles. The van der Waals surface area contributed by atoms with Gasteiger partial charge in [0.05, 0.1) is 12.7 Å². The highest BCUT2D eigenvalue weighted by atomic mass is 16.5. The minimum atomic E-state index is -0.256. The molecule has 5 rings (SSSR count). The first-order valence-corrected chi connectivity index (χ1v) is 11.4. The van der Waals surface area contributed by atoms with Gasteiger partial charge in [0.15, 0.2) is 0 Å². The molecule has 1 aliphatic heterocycles. The number of methoxy groups -OCH3 is 1. The number of hydrogen-bond acceptors (Lipinski definition) is 4. The fraction of sp³-hybridized carbons (Fsp3) is 0.222. The molecule has 34 heavy (non-hydrogen) atoms. The summed E-state index contributed by atoms with van der Waals surface area (Å²) in [6, 6.07) is 16.6. The lowest BCUT2D eigenvalue weighted by atomic mass is 9.89. The van der Waals surface area contributed by atoms with Crippen molar-refractivity contribution in [1.29, 1.82) is 0 Å². The molecule has 1 saturated heterocycles. The third-order valence-electron chi connectivity index (χ3n) is 6.43. The van der Waals surface area contributed by atoms with Crippen LogP contribution in [0.4, 0.5) is 5.69 Å². The number of hydrogen-bond donors (Lipinski definition) is 2. The number of fused-ring (bicyclic) bond motifs is 1. The predicted octanol–water partition coefficient (Wildman–Crippen LogP) is 4.84. The molecule has 0 saturated carbocycles. The molecule has 0 unspecified atom stereocenters. The van der Waals surface area contributed by atoms with E-state index in [0.29, 0.717) is 35.8 Å². The van der Waals surface area contributed by atoms with E-state index in [1.807, 2.05) is 17.0 Å². The highest BCUT2D eigenvalue weighted by Gasteiger charge is 2.26. The summed E-state index contributed by atoms with van der Waals surface area (Å²) in [4.78, 5) is 34.8. The number of carbonyl (C=O) groups excluding carboxylic acids is 2. The van der Waals surface area contributed by atoms with Gasteiger partial charge in [0.1, 0.15) is 5.75 Å². The van der Waals surface area contributed by atoms with Crippen LogP contribution in [0.5, 0.6) is 5.75 Å². The Labute approximate surface area is 197 Å². The van der Waals surface area contributed by atoms with Gasteiger partial charge in [-0.15, -0.1) is 0 Å². The number of piperidine rings is 1. The molecule has 4 aromatic rings. The number of carbonyl (C=O) groups is 2. The maximum absolute atomic E-state index is 13.2. The lowest BCUT2D eigenvalue weighted by Gasteiger charge is -2.32. The first-order chi connectivity index (χ1) is 16.6. The Morgan fingerprint density at radius 3 is 2.65 bits per heavy atom. The second kappa shape index (κ2) is 9.39. The monoisotopic (exact) mass is 454 g/mol. The minimum Gasteiger partial charge on any atom is -0.497 e. The molecule has 2 amide bonds. The van der Waals surface area contributed by atoms with Crippen molar-refractivity contribution < 1.29 is 14.3 Å². The SMILES string of the molecule is COc1ccc2[nH]cc(C3CCN(C(=O)c4cccc(NC(=O)c5cccnc5)c4)CC3)c2c1. The molecule has 172 valence electrons. The van der Waals surface area contributed by atoms with Gasteiger partial charge in [-0.2, -0.15) is 0 Å². The van der Waals surface area contributed by atoms with Crippen LogP contribution in [0.25, 0.3) is 10.9 Å². The number of anilines is 1. The quantitative estimate of drug-likeness (QED) is 0.452. The zero-order valence-corrected chi connectivity index (χ0v) is 19.0. The highest BCUT2D eigenvalue weighted by molar-refractivity contribution is 6.05. The van der Waals surface area contributed by atoms with Gasteiger partial charge in [-0.3, -0.25) is 14.6 Å². The minimum absolute atomic E-state index is 0.0171. The zero-order valence-electron chi connectivity index (χ0n) is 19.0. The Hall–Kier alpha value is -4.13. The van der Waals surface area contributed by atoms with Crippen LogP contribution >= 0.6 is 0 Å². The standard InChI is InChI=1S/C27H26N4O3/c1-34-22-7-8-25-23(15-22)24(17-29-25)18-9-12-31(13-10-18)27(33)19-4-2-6-21(14-19)30-26(32)20-5-3-11-28-16-20/h2-8,11,14-18,29H,9-10,12-13H2,1H3,(H,30,32). The Balaban J connectivity index is 1.25. The number of aromatic amines is 1. The van der Waals surface area contributed by atoms with Crippen molar-refractivity contribution in [2.75, 3.05) is 25.5 Å². The number of benzene rings is 2. The molecule has 0 radical (unpaired) electrons. The molecule has 1 aliphatic rings. The van der Waals surface area contributed by atoms with Crippen molar-refractivity contribution in [2.24, 2.45) is 0 Å². The number of H-pyrrole nitrogens is 1. The summed E-state index contributed by atoms with van der Waals surface area (Å²) in [6.07, 6.45) is 7.01. The molecule has 0 atom stereocenters. The van der Waals surface area contributed by atoms with E-state index in [9.17, 15) is 9.59 Å². The summed E-state index contributed by atoms with van der Waals surface area (Å²) in [5, 5.41) is 4.03. The van der Waals surface area contributed by atoms with E-state index in [1.54, 1.807) is 49.7 Å². The first kappa shape index (κ1) is 21.7.